The minimum atomic E-state index is -0.171. The summed E-state index contributed by atoms with van der Waals surface area (Å²) in [4.78, 5) is 2.24. The summed E-state index contributed by atoms with van der Waals surface area (Å²) in [6.07, 6.45) is 6.62. The molecule has 0 aliphatic heterocycles. The second kappa shape index (κ2) is 12.1. The number of fused-ring (bicyclic) bond motifs is 6. The molecule has 4 saturated carbocycles. The van der Waals surface area contributed by atoms with Gasteiger partial charge in [-0.1, -0.05) is 129 Å². The summed E-state index contributed by atoms with van der Waals surface area (Å²) in [6, 6.07) is 56.7. The van der Waals surface area contributed by atoms with Crippen molar-refractivity contribution in [2.24, 2.45) is 23.7 Å². The molecule has 1 nitrogen and oxygen atoms in total. The lowest BCUT2D eigenvalue weighted by atomic mass is 9.42. The van der Waals surface area contributed by atoms with Crippen molar-refractivity contribution in [1.82, 2.24) is 0 Å². The Morgan fingerprint density at radius 1 is 0.439 bits per heavy atom. The van der Waals surface area contributed by atoms with Crippen molar-refractivity contribution in [3.8, 4) is 44.5 Å². The van der Waals surface area contributed by atoms with Crippen LogP contribution >= 0.6 is 0 Å². The van der Waals surface area contributed by atoms with Gasteiger partial charge in [-0.2, -0.15) is 0 Å². The molecule has 13 rings (SSSR count). The maximum Gasteiger partial charge on any atom is 0.133 e. The van der Waals surface area contributed by atoms with E-state index < -0.39 is 0 Å². The number of nitrogens with zero attached hydrogens (tertiary/aromatic N) is 1. The average Bonchev–Trinajstić information content (AvgIpc) is 3.66. The Morgan fingerprint density at radius 3 is 1.63 bits per heavy atom. The molecular formula is C55H46FN. The molecule has 1 spiro atoms. The molecule has 0 unspecified atom stereocenters. The summed E-state index contributed by atoms with van der Waals surface area (Å²) in [6.45, 7) is 4.64. The van der Waals surface area contributed by atoms with Crippen molar-refractivity contribution < 1.29 is 4.39 Å². The van der Waals surface area contributed by atoms with Crippen LogP contribution < -0.4 is 4.90 Å². The van der Waals surface area contributed by atoms with E-state index in [-0.39, 0.29) is 16.6 Å². The average molecular weight is 740 g/mol. The molecule has 0 atom stereocenters. The topological polar surface area (TPSA) is 3.24 Å². The Bertz CT molecular complexity index is 2710. The molecule has 0 radical (unpaired) electrons. The molecule has 278 valence electrons. The number of hydrogen-bond donors (Lipinski definition) is 0. The van der Waals surface area contributed by atoms with Crippen LogP contribution in [0.5, 0.6) is 0 Å². The molecule has 6 aliphatic carbocycles. The maximum atomic E-state index is 17.4. The first-order valence-corrected chi connectivity index (χ1v) is 21.1. The molecule has 4 fully saturated rings. The van der Waals surface area contributed by atoms with Crippen LogP contribution in [0.4, 0.5) is 21.5 Å². The van der Waals surface area contributed by atoms with Gasteiger partial charge in [0.05, 0.1) is 0 Å². The van der Waals surface area contributed by atoms with Crippen LogP contribution in [0.15, 0.2) is 158 Å². The summed E-state index contributed by atoms with van der Waals surface area (Å²) in [5, 5.41) is 0. The summed E-state index contributed by atoms with van der Waals surface area (Å²) >= 11 is 0. The minimum absolute atomic E-state index is 0.0393. The van der Waals surface area contributed by atoms with E-state index in [4.69, 9.17) is 0 Å². The van der Waals surface area contributed by atoms with Crippen LogP contribution in [0.1, 0.15) is 68.2 Å². The second-order valence-corrected chi connectivity index (χ2v) is 18.3. The van der Waals surface area contributed by atoms with E-state index in [0.29, 0.717) is 17.4 Å². The quantitative estimate of drug-likeness (QED) is 0.170. The van der Waals surface area contributed by atoms with Gasteiger partial charge in [0.1, 0.15) is 5.82 Å². The largest absolute Gasteiger partial charge is 0.310 e. The fourth-order valence-electron chi connectivity index (χ4n) is 13.0. The standard InChI is InChI=1S/C55H46FN/c1-54(2)49-17-8-6-13-43(49)45-25-23-41(32-51(45)54)57(40-21-19-37(20-22-40)36-11-4-3-5-12-36)42-24-26-46(52(56)33-42)48-16-10-15-47-44-14-7-9-18-50(44)55(53(47)48)38-28-34-27-35(30-38)31-39(55)29-34/h3-26,32-35,38-39H,27-31H2,1-2H3. The fourth-order valence-corrected chi connectivity index (χ4v) is 13.0. The van der Waals surface area contributed by atoms with Crippen LogP contribution in [0.2, 0.25) is 0 Å². The first-order valence-electron chi connectivity index (χ1n) is 21.1. The number of rotatable bonds is 5. The zero-order chi connectivity index (χ0) is 38.0. The van der Waals surface area contributed by atoms with Gasteiger partial charge in [-0.3, -0.25) is 0 Å². The maximum absolute atomic E-state index is 17.4. The van der Waals surface area contributed by atoms with E-state index >= 15 is 4.39 Å². The predicted molar refractivity (Wildman–Crippen MR) is 233 cm³/mol. The van der Waals surface area contributed by atoms with Crippen molar-refractivity contribution in [3.05, 3.63) is 186 Å². The van der Waals surface area contributed by atoms with Crippen molar-refractivity contribution in [2.45, 2.75) is 56.8 Å². The summed E-state index contributed by atoms with van der Waals surface area (Å²) in [5.74, 6) is 2.76. The molecule has 0 saturated heterocycles. The lowest BCUT2D eigenvalue weighted by Crippen LogP contribution is -2.55. The Morgan fingerprint density at radius 2 is 0.947 bits per heavy atom. The van der Waals surface area contributed by atoms with Crippen LogP contribution in [-0.2, 0) is 10.8 Å². The Labute approximate surface area is 335 Å². The molecule has 7 aromatic rings. The Kier molecular flexibility index (Phi) is 7.12. The molecule has 6 aliphatic rings. The van der Waals surface area contributed by atoms with Crippen LogP contribution in [-0.4, -0.2) is 0 Å². The zero-order valence-corrected chi connectivity index (χ0v) is 32.7. The van der Waals surface area contributed by atoms with Gasteiger partial charge in [0.2, 0.25) is 0 Å². The highest BCUT2D eigenvalue weighted by molar-refractivity contribution is 5.91. The molecule has 7 aromatic carbocycles. The smallest absolute Gasteiger partial charge is 0.133 e. The van der Waals surface area contributed by atoms with Crippen molar-refractivity contribution in [2.75, 3.05) is 4.90 Å². The molecular weight excluding hydrogens is 694 g/mol. The van der Waals surface area contributed by atoms with Gasteiger partial charge in [0, 0.05) is 33.5 Å². The summed E-state index contributed by atoms with van der Waals surface area (Å²) in [5.41, 5.74) is 17.6. The molecule has 0 aromatic heterocycles. The number of anilines is 3. The Balaban J connectivity index is 1.00. The van der Waals surface area contributed by atoms with E-state index in [0.717, 1.165) is 40.0 Å². The molecule has 0 heterocycles. The molecule has 4 bridgehead atoms. The van der Waals surface area contributed by atoms with Gasteiger partial charge < -0.3 is 4.90 Å². The monoisotopic (exact) mass is 739 g/mol. The predicted octanol–water partition coefficient (Wildman–Crippen LogP) is 14.7. The third-order valence-electron chi connectivity index (χ3n) is 15.1. The lowest BCUT2D eigenvalue weighted by molar-refractivity contribution is -0.0397. The van der Waals surface area contributed by atoms with Gasteiger partial charge >= 0.3 is 0 Å². The van der Waals surface area contributed by atoms with E-state index in [1.54, 1.807) is 6.07 Å². The summed E-state index contributed by atoms with van der Waals surface area (Å²) in [7, 11) is 0. The normalized spacial score (nSPS) is 23.9. The number of hydrogen-bond acceptors (Lipinski definition) is 1. The van der Waals surface area contributed by atoms with Gasteiger partial charge in [0.15, 0.2) is 0 Å². The van der Waals surface area contributed by atoms with E-state index in [1.807, 2.05) is 0 Å². The Hall–Kier alpha value is -5.73. The van der Waals surface area contributed by atoms with Crippen LogP contribution in [0, 0.1) is 29.5 Å². The molecule has 0 amide bonds. The van der Waals surface area contributed by atoms with Gasteiger partial charge in [0.25, 0.3) is 0 Å². The van der Waals surface area contributed by atoms with Crippen molar-refractivity contribution >= 4 is 17.1 Å². The highest BCUT2D eigenvalue weighted by atomic mass is 19.1. The second-order valence-electron chi connectivity index (χ2n) is 18.3. The summed E-state index contributed by atoms with van der Waals surface area (Å²) < 4.78 is 17.4. The first kappa shape index (κ1) is 33.4. The highest BCUT2D eigenvalue weighted by Crippen LogP contribution is 2.70. The van der Waals surface area contributed by atoms with E-state index in [1.165, 1.54) is 82.2 Å². The van der Waals surface area contributed by atoms with E-state index in [2.05, 4.69) is 170 Å². The molecule has 0 N–H and O–H groups in total. The number of benzene rings is 7. The van der Waals surface area contributed by atoms with E-state index in [9.17, 15) is 0 Å². The van der Waals surface area contributed by atoms with Gasteiger partial charge in [-0.25, -0.2) is 4.39 Å². The number of halogens is 1. The minimum Gasteiger partial charge on any atom is -0.310 e. The van der Waals surface area contributed by atoms with Crippen LogP contribution in [0.3, 0.4) is 0 Å². The third kappa shape index (κ3) is 4.68. The third-order valence-corrected chi connectivity index (χ3v) is 15.1. The molecule has 57 heavy (non-hydrogen) atoms. The first-order chi connectivity index (χ1) is 27.9. The van der Waals surface area contributed by atoms with Crippen molar-refractivity contribution in [1.29, 1.82) is 0 Å². The lowest BCUT2D eigenvalue weighted by Gasteiger charge is -2.61. The SMILES string of the molecule is CC1(C)c2ccccc2-c2ccc(N(c3ccc(-c4ccccc4)cc3)c3ccc(-c4cccc5c4C4(c6ccccc6-5)C5CC6CC(C5)CC4C6)c(F)c3)cc21. The fraction of sp³-hybridized carbons (Fsp3) is 0.236. The van der Waals surface area contributed by atoms with Crippen molar-refractivity contribution in [3.63, 3.8) is 0 Å². The zero-order valence-electron chi connectivity index (χ0n) is 32.7. The van der Waals surface area contributed by atoms with Gasteiger partial charge in [-0.05, 0) is 159 Å². The molecule has 2 heteroatoms. The highest BCUT2D eigenvalue weighted by Gasteiger charge is 2.62. The van der Waals surface area contributed by atoms with Crippen LogP contribution in [0.25, 0.3) is 44.5 Å². The van der Waals surface area contributed by atoms with Gasteiger partial charge in [-0.15, -0.1) is 0 Å².